The molecule has 7 heteroatoms. The highest BCUT2D eigenvalue weighted by Crippen LogP contribution is 2.24. The maximum atomic E-state index is 12.6. The van der Waals surface area contributed by atoms with E-state index >= 15 is 0 Å². The van der Waals surface area contributed by atoms with E-state index in [0.717, 1.165) is 33.9 Å². The molecule has 2 N–H and O–H groups in total. The number of amides is 2. The zero-order chi connectivity index (χ0) is 20.6. The van der Waals surface area contributed by atoms with Crippen molar-refractivity contribution in [1.29, 1.82) is 0 Å². The number of thioether (sulfide) groups is 1. The molecule has 0 aliphatic rings. The first-order valence-electron chi connectivity index (χ1n) is 9.61. The van der Waals surface area contributed by atoms with Gasteiger partial charge in [-0.2, -0.15) is 11.8 Å². The van der Waals surface area contributed by atoms with Crippen LogP contribution in [0, 0.1) is 0 Å². The van der Waals surface area contributed by atoms with Crippen molar-refractivity contribution in [2.45, 2.75) is 32.2 Å². The predicted octanol–water partition coefficient (Wildman–Crippen LogP) is 4.47. The summed E-state index contributed by atoms with van der Waals surface area (Å²) in [6, 6.07) is 15.4. The normalized spacial score (nSPS) is 11.9. The number of nitrogens with zero attached hydrogens (tertiary/aromatic N) is 1. The van der Waals surface area contributed by atoms with E-state index in [4.69, 9.17) is 0 Å². The molecule has 0 saturated carbocycles. The highest BCUT2D eigenvalue weighted by molar-refractivity contribution is 7.98. The van der Waals surface area contributed by atoms with Crippen molar-refractivity contribution in [2.75, 3.05) is 17.3 Å². The number of carbonyl (C=O) groups is 2. The summed E-state index contributed by atoms with van der Waals surface area (Å²) < 4.78 is 1.19. The summed E-state index contributed by atoms with van der Waals surface area (Å²) in [7, 11) is 0. The number of anilines is 1. The molecule has 0 aliphatic carbocycles. The number of para-hydroxylation sites is 1. The molecular formula is C22H25N3O2S2. The Hall–Kier alpha value is -2.38. The molecule has 3 aromatic rings. The second-order valence-electron chi connectivity index (χ2n) is 6.69. The summed E-state index contributed by atoms with van der Waals surface area (Å²) in [6.07, 6.45) is 3.72. The Labute approximate surface area is 179 Å². The van der Waals surface area contributed by atoms with Crippen LogP contribution in [-0.4, -0.2) is 34.8 Å². The second kappa shape index (κ2) is 10.4. The molecule has 0 saturated heterocycles. The minimum atomic E-state index is -0.516. The number of thiazole rings is 1. The molecule has 0 fully saturated rings. The van der Waals surface area contributed by atoms with Gasteiger partial charge in [0.15, 0.2) is 0 Å². The fourth-order valence-corrected chi connectivity index (χ4v) is 4.38. The van der Waals surface area contributed by atoms with E-state index < -0.39 is 6.04 Å². The molecule has 1 atom stereocenters. The summed E-state index contributed by atoms with van der Waals surface area (Å²) in [5.41, 5.74) is 2.89. The van der Waals surface area contributed by atoms with E-state index in [0.29, 0.717) is 12.8 Å². The largest absolute Gasteiger partial charge is 0.344 e. The van der Waals surface area contributed by atoms with Gasteiger partial charge in [0.1, 0.15) is 6.04 Å². The number of carbonyl (C=O) groups excluding carboxylic acids is 2. The molecule has 29 heavy (non-hydrogen) atoms. The van der Waals surface area contributed by atoms with Crippen LogP contribution in [0.3, 0.4) is 0 Å². The molecule has 1 aromatic heterocycles. The zero-order valence-corrected chi connectivity index (χ0v) is 18.2. The van der Waals surface area contributed by atoms with Crippen LogP contribution in [0.15, 0.2) is 48.5 Å². The van der Waals surface area contributed by atoms with Gasteiger partial charge in [-0.15, -0.1) is 11.3 Å². The van der Waals surface area contributed by atoms with E-state index in [1.165, 1.54) is 4.70 Å². The second-order valence-corrected chi connectivity index (χ2v) is 8.79. The molecule has 0 aliphatic heterocycles. The van der Waals surface area contributed by atoms with Gasteiger partial charge in [0.2, 0.25) is 11.8 Å². The Balaban J connectivity index is 1.62. The van der Waals surface area contributed by atoms with Crippen molar-refractivity contribution in [2.24, 2.45) is 0 Å². The van der Waals surface area contributed by atoms with E-state index in [1.54, 1.807) is 30.0 Å². The van der Waals surface area contributed by atoms with Crippen LogP contribution in [0.2, 0.25) is 0 Å². The van der Waals surface area contributed by atoms with Gasteiger partial charge in [-0.05, 0) is 48.3 Å². The molecule has 2 amide bonds. The summed E-state index contributed by atoms with van der Waals surface area (Å²) in [6.45, 7) is 1.78. The summed E-state index contributed by atoms with van der Waals surface area (Å²) >= 11 is 3.36. The Kier molecular flexibility index (Phi) is 7.66. The predicted molar refractivity (Wildman–Crippen MR) is 123 cm³/mol. The Bertz CT molecular complexity index is 937. The van der Waals surface area contributed by atoms with Crippen molar-refractivity contribution in [3.8, 4) is 0 Å². The lowest BCUT2D eigenvalue weighted by atomic mass is 10.1. The lowest BCUT2D eigenvalue weighted by Crippen LogP contribution is -2.43. The molecule has 3 rings (SSSR count). The summed E-state index contributed by atoms with van der Waals surface area (Å²) in [5.74, 6) is 0.514. The van der Waals surface area contributed by atoms with Gasteiger partial charge in [0.25, 0.3) is 0 Å². The number of hydrogen-bond donors (Lipinski definition) is 2. The van der Waals surface area contributed by atoms with Gasteiger partial charge in [-0.3, -0.25) is 9.59 Å². The first-order valence-corrected chi connectivity index (χ1v) is 11.8. The van der Waals surface area contributed by atoms with Crippen molar-refractivity contribution in [3.05, 3.63) is 59.1 Å². The standard InChI is InChI=1S/C22H25N3O2S2/c1-3-20(26)24-18(12-13-28-2)22(27)23-16-10-8-15(9-11-16)14-21-25-17-6-4-5-7-19(17)29-21/h4-11,18H,3,12-14H2,1-2H3,(H,23,27)(H,24,26). The third kappa shape index (κ3) is 6.05. The van der Waals surface area contributed by atoms with Crippen molar-refractivity contribution >= 4 is 50.8 Å². The maximum Gasteiger partial charge on any atom is 0.246 e. The van der Waals surface area contributed by atoms with Crippen LogP contribution in [0.4, 0.5) is 5.69 Å². The molecule has 0 radical (unpaired) electrons. The van der Waals surface area contributed by atoms with Crippen LogP contribution in [0.1, 0.15) is 30.3 Å². The Morgan fingerprint density at radius 1 is 1.14 bits per heavy atom. The molecular weight excluding hydrogens is 402 g/mol. The third-order valence-electron chi connectivity index (χ3n) is 4.50. The van der Waals surface area contributed by atoms with Gasteiger partial charge in [-0.1, -0.05) is 31.2 Å². The van der Waals surface area contributed by atoms with Crippen molar-refractivity contribution < 1.29 is 9.59 Å². The fraction of sp³-hybridized carbons (Fsp3) is 0.318. The van der Waals surface area contributed by atoms with E-state index in [1.807, 2.05) is 48.7 Å². The fourth-order valence-electron chi connectivity index (χ4n) is 2.91. The molecule has 0 bridgehead atoms. The van der Waals surface area contributed by atoms with Crippen molar-refractivity contribution in [1.82, 2.24) is 10.3 Å². The van der Waals surface area contributed by atoms with Gasteiger partial charge in [0, 0.05) is 18.5 Å². The molecule has 0 spiro atoms. The van der Waals surface area contributed by atoms with E-state index in [2.05, 4.69) is 21.7 Å². The van der Waals surface area contributed by atoms with Gasteiger partial charge in [0.05, 0.1) is 15.2 Å². The van der Waals surface area contributed by atoms with Crippen LogP contribution in [0.25, 0.3) is 10.2 Å². The number of fused-ring (bicyclic) bond motifs is 1. The third-order valence-corrected chi connectivity index (χ3v) is 6.18. The van der Waals surface area contributed by atoms with Crippen LogP contribution in [0.5, 0.6) is 0 Å². The van der Waals surface area contributed by atoms with Gasteiger partial charge < -0.3 is 10.6 Å². The summed E-state index contributed by atoms with van der Waals surface area (Å²) in [5, 5.41) is 6.80. The minimum Gasteiger partial charge on any atom is -0.344 e. The topological polar surface area (TPSA) is 71.1 Å². The molecule has 152 valence electrons. The lowest BCUT2D eigenvalue weighted by molar-refractivity contribution is -0.126. The van der Waals surface area contributed by atoms with Crippen molar-refractivity contribution in [3.63, 3.8) is 0 Å². The number of aromatic nitrogens is 1. The molecule has 1 unspecified atom stereocenters. The molecule has 5 nitrogen and oxygen atoms in total. The molecule has 2 aromatic carbocycles. The van der Waals surface area contributed by atoms with E-state index in [-0.39, 0.29) is 11.8 Å². The highest BCUT2D eigenvalue weighted by atomic mass is 32.2. The highest BCUT2D eigenvalue weighted by Gasteiger charge is 2.19. The Morgan fingerprint density at radius 2 is 1.90 bits per heavy atom. The van der Waals surface area contributed by atoms with Crippen LogP contribution in [-0.2, 0) is 16.0 Å². The van der Waals surface area contributed by atoms with Crippen LogP contribution >= 0.6 is 23.1 Å². The first kappa shape index (κ1) is 21.3. The SMILES string of the molecule is CCC(=O)NC(CCSC)C(=O)Nc1ccc(Cc2nc3ccccc3s2)cc1. The average molecular weight is 428 g/mol. The molecule has 1 heterocycles. The lowest BCUT2D eigenvalue weighted by Gasteiger charge is -2.18. The smallest absolute Gasteiger partial charge is 0.246 e. The van der Waals surface area contributed by atoms with Gasteiger partial charge >= 0.3 is 0 Å². The number of nitrogens with one attached hydrogen (secondary N) is 2. The average Bonchev–Trinajstić information content (AvgIpc) is 3.14. The Morgan fingerprint density at radius 3 is 2.59 bits per heavy atom. The summed E-state index contributed by atoms with van der Waals surface area (Å²) in [4.78, 5) is 29.0. The van der Waals surface area contributed by atoms with E-state index in [9.17, 15) is 9.59 Å². The quantitative estimate of drug-likeness (QED) is 0.528. The van der Waals surface area contributed by atoms with Crippen LogP contribution < -0.4 is 10.6 Å². The number of rotatable bonds is 9. The number of hydrogen-bond acceptors (Lipinski definition) is 5. The maximum absolute atomic E-state index is 12.6. The zero-order valence-electron chi connectivity index (χ0n) is 16.6. The monoisotopic (exact) mass is 427 g/mol. The first-order chi connectivity index (χ1) is 14.1. The number of benzene rings is 2. The van der Waals surface area contributed by atoms with Gasteiger partial charge in [-0.25, -0.2) is 4.98 Å². The minimum absolute atomic E-state index is 0.113.